The number of aliphatic hydroxyl groups is 1. The van der Waals surface area contributed by atoms with E-state index in [1.54, 1.807) is 0 Å². The lowest BCUT2D eigenvalue weighted by atomic mass is 10.1. The van der Waals surface area contributed by atoms with Crippen molar-refractivity contribution in [3.63, 3.8) is 0 Å². The molecule has 2 saturated heterocycles. The maximum atomic E-state index is 9.42. The number of epoxide rings is 1. The Hall–Kier alpha value is -0.160. The van der Waals surface area contributed by atoms with Crippen molar-refractivity contribution in [3.05, 3.63) is 0 Å². The van der Waals surface area contributed by atoms with Gasteiger partial charge >= 0.3 is 0 Å². The molecule has 11 heavy (non-hydrogen) atoms. The molecular weight excluding hydrogens is 148 g/mol. The summed E-state index contributed by atoms with van der Waals surface area (Å²) in [5.41, 5.74) is 0. The molecule has 0 aromatic carbocycles. The Labute approximate surface area is 65.1 Å². The predicted octanol–water partition coefficient (Wildman–Crippen LogP) is -0.494. The van der Waals surface area contributed by atoms with Gasteiger partial charge < -0.3 is 19.3 Å². The van der Waals surface area contributed by atoms with E-state index in [2.05, 4.69) is 0 Å². The zero-order chi connectivity index (χ0) is 8.01. The molecule has 2 fully saturated rings. The standard InChI is InChI=1S/C7H12O4/c1-3-5-6(11-5)4(8)7(9-2)10-3/h3-8H,1-2H3/t3-,4-,5+,6-,7+/m1/s1. The van der Waals surface area contributed by atoms with E-state index in [9.17, 15) is 5.11 Å². The maximum absolute atomic E-state index is 9.42. The highest BCUT2D eigenvalue weighted by Crippen LogP contribution is 2.37. The Bertz CT molecular complexity index is 161. The zero-order valence-corrected chi connectivity index (χ0v) is 6.56. The van der Waals surface area contributed by atoms with Gasteiger partial charge in [0.2, 0.25) is 0 Å². The molecule has 0 saturated carbocycles. The lowest BCUT2D eigenvalue weighted by molar-refractivity contribution is -0.214. The summed E-state index contributed by atoms with van der Waals surface area (Å²) in [6.07, 6.45) is -1.09. The molecule has 4 heteroatoms. The van der Waals surface area contributed by atoms with E-state index in [1.165, 1.54) is 7.11 Å². The van der Waals surface area contributed by atoms with Crippen LogP contribution in [0.5, 0.6) is 0 Å². The maximum Gasteiger partial charge on any atom is 0.186 e. The SMILES string of the molecule is CO[C@H]1O[C@H](C)[C@@H]2O[C@@H]2[C@H]1O. The third-order valence-corrected chi connectivity index (χ3v) is 2.22. The van der Waals surface area contributed by atoms with E-state index in [1.807, 2.05) is 6.92 Å². The second-order valence-electron chi connectivity index (χ2n) is 3.00. The van der Waals surface area contributed by atoms with Gasteiger partial charge in [-0.1, -0.05) is 0 Å². The Morgan fingerprint density at radius 2 is 2.00 bits per heavy atom. The number of methoxy groups -OCH3 is 1. The smallest absolute Gasteiger partial charge is 0.186 e. The minimum Gasteiger partial charge on any atom is -0.385 e. The van der Waals surface area contributed by atoms with Gasteiger partial charge in [-0.3, -0.25) is 0 Å². The highest BCUT2D eigenvalue weighted by molar-refractivity contribution is 4.99. The molecule has 4 nitrogen and oxygen atoms in total. The molecule has 2 aliphatic heterocycles. The van der Waals surface area contributed by atoms with Crippen molar-refractivity contribution in [2.24, 2.45) is 0 Å². The van der Waals surface area contributed by atoms with Crippen LogP contribution in [0.1, 0.15) is 6.92 Å². The van der Waals surface area contributed by atoms with Crippen LogP contribution in [-0.4, -0.2) is 42.9 Å². The lowest BCUT2D eigenvalue weighted by Gasteiger charge is -2.27. The summed E-state index contributed by atoms with van der Waals surface area (Å²) in [6.45, 7) is 1.92. The zero-order valence-electron chi connectivity index (χ0n) is 6.56. The number of ether oxygens (including phenoxy) is 3. The van der Waals surface area contributed by atoms with Gasteiger partial charge in [-0.25, -0.2) is 0 Å². The van der Waals surface area contributed by atoms with Gasteiger partial charge in [0.15, 0.2) is 6.29 Å². The fourth-order valence-electron chi connectivity index (χ4n) is 1.51. The third kappa shape index (κ3) is 1.06. The Balaban J connectivity index is 2.02. The van der Waals surface area contributed by atoms with Crippen molar-refractivity contribution in [3.8, 4) is 0 Å². The number of hydrogen-bond donors (Lipinski definition) is 1. The van der Waals surface area contributed by atoms with Crippen molar-refractivity contribution in [1.82, 2.24) is 0 Å². The fraction of sp³-hybridized carbons (Fsp3) is 1.00. The van der Waals surface area contributed by atoms with Crippen LogP contribution in [0.25, 0.3) is 0 Å². The van der Waals surface area contributed by atoms with Gasteiger partial charge in [0.1, 0.15) is 18.3 Å². The molecule has 0 radical (unpaired) electrons. The van der Waals surface area contributed by atoms with E-state index >= 15 is 0 Å². The third-order valence-electron chi connectivity index (χ3n) is 2.22. The second kappa shape index (κ2) is 2.42. The normalized spacial score (nSPS) is 55.4. The van der Waals surface area contributed by atoms with Crippen molar-refractivity contribution in [2.75, 3.05) is 7.11 Å². The van der Waals surface area contributed by atoms with E-state index in [-0.39, 0.29) is 18.3 Å². The van der Waals surface area contributed by atoms with Gasteiger partial charge in [-0.15, -0.1) is 0 Å². The van der Waals surface area contributed by atoms with E-state index in [0.29, 0.717) is 0 Å². The monoisotopic (exact) mass is 160 g/mol. The van der Waals surface area contributed by atoms with Gasteiger partial charge in [0.05, 0.1) is 6.10 Å². The molecule has 2 rings (SSSR count). The van der Waals surface area contributed by atoms with Crippen LogP contribution in [0.3, 0.4) is 0 Å². The Morgan fingerprint density at radius 1 is 1.27 bits per heavy atom. The highest BCUT2D eigenvalue weighted by atomic mass is 16.7. The van der Waals surface area contributed by atoms with Crippen LogP contribution in [0.15, 0.2) is 0 Å². The average Bonchev–Trinajstić information content (AvgIpc) is 2.75. The van der Waals surface area contributed by atoms with Crippen molar-refractivity contribution < 1.29 is 19.3 Å². The lowest BCUT2D eigenvalue weighted by Crippen LogP contribution is -2.44. The summed E-state index contributed by atoms with van der Waals surface area (Å²) in [7, 11) is 1.52. The van der Waals surface area contributed by atoms with Gasteiger partial charge in [0.25, 0.3) is 0 Å². The number of aliphatic hydroxyl groups excluding tert-OH is 1. The Kier molecular flexibility index (Phi) is 1.64. The van der Waals surface area contributed by atoms with Crippen molar-refractivity contribution in [2.45, 2.75) is 37.6 Å². The molecule has 1 N–H and O–H groups in total. The summed E-state index contributed by atoms with van der Waals surface area (Å²) in [5, 5.41) is 9.42. The molecule has 0 aliphatic carbocycles. The molecule has 0 aromatic rings. The predicted molar refractivity (Wildman–Crippen MR) is 36.0 cm³/mol. The molecule has 5 atom stereocenters. The molecule has 0 aromatic heterocycles. The molecule has 0 bridgehead atoms. The van der Waals surface area contributed by atoms with Gasteiger partial charge in [-0.05, 0) is 6.92 Å². The van der Waals surface area contributed by atoms with Gasteiger partial charge in [0, 0.05) is 7.11 Å². The highest BCUT2D eigenvalue weighted by Gasteiger charge is 2.55. The first kappa shape index (κ1) is 7.49. The van der Waals surface area contributed by atoms with E-state index < -0.39 is 12.4 Å². The summed E-state index contributed by atoms with van der Waals surface area (Å²) < 4.78 is 15.4. The van der Waals surface area contributed by atoms with Crippen LogP contribution in [-0.2, 0) is 14.2 Å². The Morgan fingerprint density at radius 3 is 2.64 bits per heavy atom. The van der Waals surface area contributed by atoms with Crippen LogP contribution in [0.2, 0.25) is 0 Å². The molecule has 0 spiro atoms. The summed E-state index contributed by atoms with van der Waals surface area (Å²) in [4.78, 5) is 0. The van der Waals surface area contributed by atoms with Crippen LogP contribution < -0.4 is 0 Å². The first-order chi connectivity index (χ1) is 5.24. The minimum absolute atomic E-state index is 0.0355. The molecule has 2 heterocycles. The number of fused-ring (bicyclic) bond motifs is 1. The van der Waals surface area contributed by atoms with E-state index in [4.69, 9.17) is 14.2 Å². The van der Waals surface area contributed by atoms with Crippen molar-refractivity contribution in [1.29, 1.82) is 0 Å². The van der Waals surface area contributed by atoms with Crippen molar-refractivity contribution >= 4 is 0 Å². The number of hydrogen-bond acceptors (Lipinski definition) is 4. The first-order valence-corrected chi connectivity index (χ1v) is 3.76. The minimum atomic E-state index is -0.624. The molecule has 0 amide bonds. The van der Waals surface area contributed by atoms with Crippen LogP contribution in [0, 0.1) is 0 Å². The summed E-state index contributed by atoms with van der Waals surface area (Å²) >= 11 is 0. The van der Waals surface area contributed by atoms with Crippen LogP contribution >= 0.6 is 0 Å². The fourth-order valence-corrected chi connectivity index (χ4v) is 1.51. The quantitative estimate of drug-likeness (QED) is 0.526. The number of rotatable bonds is 1. The second-order valence-corrected chi connectivity index (χ2v) is 3.00. The molecule has 64 valence electrons. The molecular formula is C7H12O4. The topological polar surface area (TPSA) is 51.2 Å². The first-order valence-electron chi connectivity index (χ1n) is 3.76. The van der Waals surface area contributed by atoms with Gasteiger partial charge in [-0.2, -0.15) is 0 Å². The van der Waals surface area contributed by atoms with Crippen LogP contribution in [0.4, 0.5) is 0 Å². The molecule has 2 aliphatic rings. The van der Waals surface area contributed by atoms with E-state index in [0.717, 1.165) is 0 Å². The largest absolute Gasteiger partial charge is 0.385 e. The average molecular weight is 160 g/mol. The molecule has 0 unspecified atom stereocenters. The summed E-state index contributed by atoms with van der Waals surface area (Å²) in [6, 6.07) is 0. The summed E-state index contributed by atoms with van der Waals surface area (Å²) in [5.74, 6) is 0.